The molecule has 0 bridgehead atoms. The molecule has 0 saturated carbocycles. The maximum atomic E-state index is 12.7. The van der Waals surface area contributed by atoms with Crippen molar-refractivity contribution in [1.82, 2.24) is 9.97 Å². The Bertz CT molecular complexity index is 1910. The van der Waals surface area contributed by atoms with Gasteiger partial charge in [0, 0.05) is 11.4 Å². The van der Waals surface area contributed by atoms with Crippen LogP contribution in [0.5, 0.6) is 5.75 Å². The topological polar surface area (TPSA) is 200 Å². The van der Waals surface area contributed by atoms with Crippen molar-refractivity contribution >= 4 is 53.1 Å². The number of rotatable bonds is 10. The second-order valence-corrected chi connectivity index (χ2v) is 12.1. The van der Waals surface area contributed by atoms with E-state index in [1.54, 1.807) is 12.1 Å². The van der Waals surface area contributed by atoms with Crippen LogP contribution in [0.15, 0.2) is 95.2 Å². The Morgan fingerprint density at radius 3 is 1.81 bits per heavy atom. The highest BCUT2D eigenvalue weighted by molar-refractivity contribution is 6.30. The summed E-state index contributed by atoms with van der Waals surface area (Å²) in [4.78, 5) is 39.9. The number of amidine groups is 2. The molecule has 0 saturated heterocycles. The molecule has 2 atom stereocenters. The average molecular weight is 754 g/mol. The molecule has 0 fully saturated rings. The maximum Gasteiger partial charge on any atom is 0.417 e. The number of hydrogen-bond donors (Lipinski definition) is 5. The lowest BCUT2D eigenvalue weighted by Crippen LogP contribution is -2.20. The number of halogens is 4. The van der Waals surface area contributed by atoms with Crippen LogP contribution in [0.2, 0.25) is 5.02 Å². The predicted octanol–water partition coefficient (Wildman–Crippen LogP) is 6.38. The van der Waals surface area contributed by atoms with Gasteiger partial charge in [0.1, 0.15) is 19.0 Å². The smallest absolute Gasteiger partial charge is 0.417 e. The number of aromatic nitrogens is 2. The number of hydrogen-bond acceptors (Lipinski definition) is 11. The maximum absolute atomic E-state index is 12.7. The SMILES string of the molecule is NC1=N[C@@H](CCc2ccc(NC(=O)Nc3ncc(Cl)cn3)cc2)CO1.NC1=N[C@@H](CCc2ccc(NC(=O)Oc3cccc(C(F)(F)F)c3)cc2)CO1. The molecule has 4 aromatic rings. The van der Waals surface area contributed by atoms with Gasteiger partial charge in [-0.05, 0) is 79.3 Å². The van der Waals surface area contributed by atoms with E-state index < -0.39 is 23.9 Å². The summed E-state index contributed by atoms with van der Waals surface area (Å²) in [5.41, 5.74) is 13.4. The summed E-state index contributed by atoms with van der Waals surface area (Å²) in [5, 5.41) is 8.12. The summed E-state index contributed by atoms with van der Waals surface area (Å²) in [6.45, 7) is 1.02. The number of carbonyl (C=O) groups excluding carboxylic acids is 2. The summed E-state index contributed by atoms with van der Waals surface area (Å²) in [7, 11) is 0. The van der Waals surface area contributed by atoms with Crippen LogP contribution in [0.3, 0.4) is 0 Å². The quantitative estimate of drug-likeness (QED) is 0.122. The summed E-state index contributed by atoms with van der Waals surface area (Å²) < 4.78 is 53.2. The first-order chi connectivity index (χ1) is 25.4. The monoisotopic (exact) mass is 753 g/mol. The lowest BCUT2D eigenvalue weighted by atomic mass is 10.1. The van der Waals surface area contributed by atoms with E-state index >= 15 is 0 Å². The van der Waals surface area contributed by atoms with Crippen LogP contribution in [-0.4, -0.2) is 59.4 Å². The number of nitrogens with two attached hydrogens (primary N) is 2. The molecule has 3 heterocycles. The van der Waals surface area contributed by atoms with Gasteiger partial charge in [0.25, 0.3) is 12.0 Å². The van der Waals surface area contributed by atoms with Gasteiger partial charge in [-0.15, -0.1) is 0 Å². The molecule has 0 unspecified atom stereocenters. The van der Waals surface area contributed by atoms with Crippen molar-refractivity contribution in [1.29, 1.82) is 0 Å². The van der Waals surface area contributed by atoms with Gasteiger partial charge in [-0.3, -0.25) is 10.6 Å². The van der Waals surface area contributed by atoms with Crippen molar-refractivity contribution in [3.05, 3.63) is 107 Å². The zero-order valence-corrected chi connectivity index (χ0v) is 28.7. The van der Waals surface area contributed by atoms with Gasteiger partial charge in [0.05, 0.1) is 35.1 Å². The fourth-order valence-electron chi connectivity index (χ4n) is 4.97. The van der Waals surface area contributed by atoms with Gasteiger partial charge < -0.3 is 31.0 Å². The highest BCUT2D eigenvalue weighted by Gasteiger charge is 2.30. The van der Waals surface area contributed by atoms with E-state index in [1.807, 2.05) is 36.4 Å². The number of anilines is 3. The summed E-state index contributed by atoms with van der Waals surface area (Å²) >= 11 is 5.69. The first-order valence-corrected chi connectivity index (χ1v) is 16.6. The minimum absolute atomic E-state index is 0.0419. The summed E-state index contributed by atoms with van der Waals surface area (Å²) in [5.74, 6) is -0.0142. The molecule has 2 aliphatic heterocycles. The zero-order valence-electron chi connectivity index (χ0n) is 28.0. The van der Waals surface area contributed by atoms with Crippen LogP contribution in [0.1, 0.15) is 29.5 Å². The number of amides is 3. The number of benzene rings is 3. The Labute approximate surface area is 306 Å². The Morgan fingerprint density at radius 1 is 0.792 bits per heavy atom. The molecule has 14 nitrogen and oxygen atoms in total. The minimum atomic E-state index is -4.51. The van der Waals surface area contributed by atoms with E-state index in [1.165, 1.54) is 24.5 Å². The molecule has 2 aliphatic rings. The number of nitrogens with one attached hydrogen (secondary N) is 3. The number of aliphatic imine (C=N–C) groups is 2. The first-order valence-electron chi connectivity index (χ1n) is 16.2. The van der Waals surface area contributed by atoms with E-state index in [0.717, 1.165) is 48.9 Å². The van der Waals surface area contributed by atoms with Crippen molar-refractivity contribution < 1.29 is 37.0 Å². The minimum Gasteiger partial charge on any atom is -0.463 e. The molecule has 278 valence electrons. The summed E-state index contributed by atoms with van der Waals surface area (Å²) in [6.07, 6.45) is 0.702. The Morgan fingerprint density at radius 2 is 1.32 bits per heavy atom. The lowest BCUT2D eigenvalue weighted by molar-refractivity contribution is -0.137. The Kier molecular flexibility index (Phi) is 12.9. The molecular weight excluding hydrogens is 719 g/mol. The molecule has 7 N–H and O–H groups in total. The molecule has 1 aromatic heterocycles. The Balaban J connectivity index is 0.000000206. The van der Waals surface area contributed by atoms with Crippen LogP contribution >= 0.6 is 11.6 Å². The fraction of sp³-hybridized carbons (Fsp3) is 0.257. The number of carbonyl (C=O) groups is 2. The number of ether oxygens (including phenoxy) is 3. The van der Waals surface area contributed by atoms with Crippen LogP contribution in [0.4, 0.5) is 40.1 Å². The van der Waals surface area contributed by atoms with Crippen molar-refractivity contribution in [2.75, 3.05) is 29.2 Å². The standard InChI is InChI=1S/C19H18F3N3O3.C16H17ClN6O2/c20-19(21,22)13-2-1-3-16(10-13)28-18(26)25-14-7-4-12(5-8-14)6-9-15-11-27-17(23)24-15;17-11-7-19-15(20-8-11)23-16(24)22-12-4-1-10(2-5-12)3-6-13-9-25-14(18)21-13/h1-5,7-8,10,15H,6,9,11H2,(H2,23,24)(H,25,26);1-2,4-5,7-8,13H,3,6,9H2,(H2,18,21)(H2,19,20,22,23,24)/t15-;13-/m00/s1. The van der Waals surface area contributed by atoms with Crippen LogP contribution in [-0.2, 0) is 28.5 Å². The normalized spacial score (nSPS) is 16.2. The van der Waals surface area contributed by atoms with Gasteiger partial charge in [-0.25, -0.2) is 29.5 Å². The van der Waals surface area contributed by atoms with Crippen molar-refractivity contribution in [3.8, 4) is 5.75 Å². The number of alkyl halides is 3. The van der Waals surface area contributed by atoms with Gasteiger partial charge >= 0.3 is 18.3 Å². The second kappa shape index (κ2) is 17.9. The zero-order chi connectivity index (χ0) is 37.8. The van der Waals surface area contributed by atoms with E-state index in [-0.39, 0.29) is 35.8 Å². The number of aryl methyl sites for hydroxylation is 2. The van der Waals surface area contributed by atoms with Gasteiger partial charge in [-0.1, -0.05) is 41.9 Å². The van der Waals surface area contributed by atoms with Gasteiger partial charge in [0.15, 0.2) is 0 Å². The van der Waals surface area contributed by atoms with Crippen LogP contribution < -0.4 is 32.2 Å². The fourth-order valence-corrected chi connectivity index (χ4v) is 5.07. The molecular formula is C35H35ClF3N9O5. The van der Waals surface area contributed by atoms with Crippen LogP contribution in [0, 0.1) is 0 Å². The molecule has 6 rings (SSSR count). The van der Waals surface area contributed by atoms with Crippen LogP contribution in [0.25, 0.3) is 0 Å². The average Bonchev–Trinajstić information content (AvgIpc) is 3.75. The van der Waals surface area contributed by atoms with Crippen molar-refractivity contribution in [2.45, 2.75) is 43.9 Å². The Hall–Kier alpha value is -6.10. The number of urea groups is 1. The van der Waals surface area contributed by atoms with Crippen molar-refractivity contribution in [2.24, 2.45) is 21.5 Å². The molecule has 3 aromatic carbocycles. The van der Waals surface area contributed by atoms with E-state index in [9.17, 15) is 22.8 Å². The molecule has 53 heavy (non-hydrogen) atoms. The van der Waals surface area contributed by atoms with E-state index in [0.29, 0.717) is 29.6 Å². The lowest BCUT2D eigenvalue weighted by Gasteiger charge is -2.10. The third-order valence-electron chi connectivity index (χ3n) is 7.63. The molecule has 0 aliphatic carbocycles. The molecule has 3 amide bonds. The van der Waals surface area contributed by atoms with Gasteiger partial charge in [-0.2, -0.15) is 13.2 Å². The van der Waals surface area contributed by atoms with E-state index in [4.69, 9.17) is 37.3 Å². The summed E-state index contributed by atoms with van der Waals surface area (Å²) in [6, 6.07) is 19.0. The van der Waals surface area contributed by atoms with Gasteiger partial charge in [0.2, 0.25) is 5.95 Å². The third-order valence-corrected chi connectivity index (χ3v) is 7.82. The third kappa shape index (κ3) is 12.6. The highest BCUT2D eigenvalue weighted by atomic mass is 35.5. The number of nitrogens with zero attached hydrogens (tertiary/aromatic N) is 4. The molecule has 0 spiro atoms. The second-order valence-electron chi connectivity index (χ2n) is 11.7. The first kappa shape index (κ1) is 38.1. The predicted molar refractivity (Wildman–Crippen MR) is 193 cm³/mol. The molecule has 0 radical (unpaired) electrons. The highest BCUT2D eigenvalue weighted by Crippen LogP contribution is 2.31. The van der Waals surface area contributed by atoms with Crippen molar-refractivity contribution in [3.63, 3.8) is 0 Å². The van der Waals surface area contributed by atoms with E-state index in [2.05, 4.69) is 35.9 Å². The largest absolute Gasteiger partial charge is 0.463 e. The molecule has 18 heteroatoms.